The molecule has 0 spiro atoms. The van der Waals surface area contributed by atoms with Crippen LogP contribution in [0.1, 0.15) is 43.6 Å². The maximum Gasteiger partial charge on any atom is 0.124 e. The average Bonchev–Trinajstić information content (AvgIpc) is 2.84. The van der Waals surface area contributed by atoms with Gasteiger partial charge in [-0.1, -0.05) is 25.5 Å². The second kappa shape index (κ2) is 4.73. The van der Waals surface area contributed by atoms with E-state index in [2.05, 4.69) is 42.3 Å². The molecule has 1 aliphatic heterocycles. The predicted octanol–water partition coefficient (Wildman–Crippen LogP) is 3.32. The Kier molecular flexibility index (Phi) is 3.08. The van der Waals surface area contributed by atoms with Gasteiger partial charge >= 0.3 is 0 Å². The van der Waals surface area contributed by atoms with Crippen molar-refractivity contribution in [3.05, 3.63) is 29.6 Å². The van der Waals surface area contributed by atoms with Gasteiger partial charge in [0.25, 0.3) is 0 Å². The van der Waals surface area contributed by atoms with Crippen LogP contribution in [0.15, 0.2) is 18.2 Å². The van der Waals surface area contributed by atoms with E-state index in [1.165, 1.54) is 24.8 Å². The molecule has 18 heavy (non-hydrogen) atoms. The zero-order valence-corrected chi connectivity index (χ0v) is 11.2. The maximum absolute atomic E-state index is 4.79. The van der Waals surface area contributed by atoms with E-state index in [4.69, 9.17) is 4.98 Å². The molecule has 1 fully saturated rings. The summed E-state index contributed by atoms with van der Waals surface area (Å²) in [7, 11) is 0. The van der Waals surface area contributed by atoms with Crippen LogP contribution in [0.4, 0.5) is 0 Å². The fraction of sp³-hybridized carbons (Fsp3) is 0.533. The number of para-hydroxylation sites is 1. The van der Waals surface area contributed by atoms with Gasteiger partial charge in [0.15, 0.2) is 0 Å². The van der Waals surface area contributed by atoms with Crippen molar-refractivity contribution in [1.82, 2.24) is 15.3 Å². The van der Waals surface area contributed by atoms with Crippen molar-refractivity contribution in [2.75, 3.05) is 6.54 Å². The topological polar surface area (TPSA) is 40.7 Å². The zero-order chi connectivity index (χ0) is 12.5. The first-order valence-electron chi connectivity index (χ1n) is 6.96. The molecule has 0 aliphatic carbocycles. The monoisotopic (exact) mass is 243 g/mol. The molecule has 2 aromatic rings. The molecule has 2 unspecified atom stereocenters. The molecule has 3 rings (SSSR count). The normalized spacial score (nSPS) is 24.6. The van der Waals surface area contributed by atoms with E-state index in [9.17, 15) is 0 Å². The number of aromatic nitrogens is 2. The summed E-state index contributed by atoms with van der Waals surface area (Å²) in [6.07, 6.45) is 3.78. The van der Waals surface area contributed by atoms with E-state index in [-0.39, 0.29) is 0 Å². The van der Waals surface area contributed by atoms with Crippen LogP contribution in [0.25, 0.3) is 11.0 Å². The van der Waals surface area contributed by atoms with Gasteiger partial charge in [-0.3, -0.25) is 0 Å². The third-order valence-electron chi connectivity index (χ3n) is 4.15. The molecule has 3 heteroatoms. The second-order valence-electron chi connectivity index (χ2n) is 5.40. The summed E-state index contributed by atoms with van der Waals surface area (Å²) >= 11 is 0. The van der Waals surface area contributed by atoms with Crippen molar-refractivity contribution in [2.45, 2.75) is 39.2 Å². The summed E-state index contributed by atoms with van der Waals surface area (Å²) in [5.41, 5.74) is 3.52. The lowest BCUT2D eigenvalue weighted by Gasteiger charge is -2.28. The zero-order valence-electron chi connectivity index (χ0n) is 11.2. The number of H-pyrrole nitrogens is 1. The number of nitrogens with zero attached hydrogens (tertiary/aromatic N) is 1. The number of hydrogen-bond acceptors (Lipinski definition) is 2. The highest BCUT2D eigenvalue weighted by molar-refractivity contribution is 5.78. The second-order valence-corrected chi connectivity index (χ2v) is 5.40. The van der Waals surface area contributed by atoms with Crippen LogP contribution in [0.2, 0.25) is 0 Å². The van der Waals surface area contributed by atoms with Gasteiger partial charge in [-0.25, -0.2) is 4.98 Å². The molecule has 1 aromatic heterocycles. The van der Waals surface area contributed by atoms with Crippen LogP contribution in [0.3, 0.4) is 0 Å². The van der Waals surface area contributed by atoms with Crippen LogP contribution in [-0.2, 0) is 0 Å². The number of nitrogens with one attached hydrogen (secondary N) is 2. The summed E-state index contributed by atoms with van der Waals surface area (Å²) in [4.78, 5) is 8.26. The molecule has 0 amide bonds. The molecular weight excluding hydrogens is 222 g/mol. The SMILES string of the molecule is CCC1CCNC(c2nc3c(C)cccc3[nH]2)C1. The molecule has 1 aliphatic rings. The van der Waals surface area contributed by atoms with E-state index >= 15 is 0 Å². The first-order valence-corrected chi connectivity index (χ1v) is 6.96. The Morgan fingerprint density at radius 1 is 1.39 bits per heavy atom. The van der Waals surface area contributed by atoms with Crippen molar-refractivity contribution in [3.8, 4) is 0 Å². The Morgan fingerprint density at radius 3 is 3.06 bits per heavy atom. The third-order valence-corrected chi connectivity index (χ3v) is 4.15. The van der Waals surface area contributed by atoms with Crippen LogP contribution >= 0.6 is 0 Å². The lowest BCUT2D eigenvalue weighted by molar-refractivity contribution is 0.292. The highest BCUT2D eigenvalue weighted by atomic mass is 15.0. The van der Waals surface area contributed by atoms with Gasteiger partial charge in [-0.15, -0.1) is 0 Å². The average molecular weight is 243 g/mol. The molecule has 2 N–H and O–H groups in total. The van der Waals surface area contributed by atoms with Gasteiger partial charge < -0.3 is 10.3 Å². The number of hydrogen-bond donors (Lipinski definition) is 2. The molecule has 2 heterocycles. The van der Waals surface area contributed by atoms with Crippen LogP contribution in [-0.4, -0.2) is 16.5 Å². The van der Waals surface area contributed by atoms with Gasteiger partial charge in [0.1, 0.15) is 5.82 Å². The largest absolute Gasteiger partial charge is 0.341 e. The smallest absolute Gasteiger partial charge is 0.124 e. The number of aromatic amines is 1. The first kappa shape index (κ1) is 11.7. The van der Waals surface area contributed by atoms with Gasteiger partial charge in [0.2, 0.25) is 0 Å². The summed E-state index contributed by atoms with van der Waals surface area (Å²) in [6, 6.07) is 6.72. The highest BCUT2D eigenvalue weighted by Gasteiger charge is 2.23. The fourth-order valence-electron chi connectivity index (χ4n) is 2.93. The molecule has 0 saturated carbocycles. The first-order chi connectivity index (χ1) is 8.78. The van der Waals surface area contributed by atoms with Crippen molar-refractivity contribution < 1.29 is 0 Å². The van der Waals surface area contributed by atoms with Crippen molar-refractivity contribution in [1.29, 1.82) is 0 Å². The lowest BCUT2D eigenvalue weighted by atomic mass is 9.90. The standard InChI is InChI=1S/C15H21N3/c1-3-11-7-8-16-13(9-11)15-17-12-6-4-5-10(2)14(12)18-15/h4-6,11,13,16H,3,7-9H2,1-2H3,(H,17,18). The van der Waals surface area contributed by atoms with Crippen LogP contribution in [0, 0.1) is 12.8 Å². The summed E-state index contributed by atoms with van der Waals surface area (Å²) in [5, 5.41) is 3.59. The number of aryl methyl sites for hydroxylation is 1. The van der Waals surface area contributed by atoms with Gasteiger partial charge in [0, 0.05) is 0 Å². The Bertz CT molecular complexity index is 544. The number of fused-ring (bicyclic) bond motifs is 1. The molecule has 0 bridgehead atoms. The predicted molar refractivity (Wildman–Crippen MR) is 74.6 cm³/mol. The molecule has 1 saturated heterocycles. The van der Waals surface area contributed by atoms with Gasteiger partial charge in [-0.05, 0) is 43.9 Å². The lowest BCUT2D eigenvalue weighted by Crippen LogP contribution is -2.32. The van der Waals surface area contributed by atoms with Crippen LogP contribution < -0.4 is 5.32 Å². The van der Waals surface area contributed by atoms with E-state index in [1.807, 2.05) is 0 Å². The molecule has 3 nitrogen and oxygen atoms in total. The number of piperidine rings is 1. The minimum absolute atomic E-state index is 0.399. The maximum atomic E-state index is 4.79. The minimum Gasteiger partial charge on any atom is -0.341 e. The van der Waals surface area contributed by atoms with E-state index in [0.29, 0.717) is 6.04 Å². The summed E-state index contributed by atoms with van der Waals surface area (Å²) in [5.74, 6) is 1.95. The fourth-order valence-corrected chi connectivity index (χ4v) is 2.93. The quantitative estimate of drug-likeness (QED) is 0.849. The van der Waals surface area contributed by atoms with E-state index < -0.39 is 0 Å². The Balaban J connectivity index is 1.92. The van der Waals surface area contributed by atoms with Gasteiger partial charge in [-0.2, -0.15) is 0 Å². The Morgan fingerprint density at radius 2 is 2.28 bits per heavy atom. The summed E-state index contributed by atoms with van der Waals surface area (Å²) < 4.78 is 0. The highest BCUT2D eigenvalue weighted by Crippen LogP contribution is 2.29. The van der Waals surface area contributed by atoms with E-state index in [1.54, 1.807) is 0 Å². The number of imidazole rings is 1. The molecule has 0 radical (unpaired) electrons. The molecule has 1 aromatic carbocycles. The van der Waals surface area contributed by atoms with Crippen molar-refractivity contribution >= 4 is 11.0 Å². The minimum atomic E-state index is 0.399. The Labute approximate surface area is 108 Å². The van der Waals surface area contributed by atoms with E-state index in [0.717, 1.165) is 29.3 Å². The number of rotatable bonds is 2. The van der Waals surface area contributed by atoms with Crippen molar-refractivity contribution in [3.63, 3.8) is 0 Å². The summed E-state index contributed by atoms with van der Waals surface area (Å²) in [6.45, 7) is 5.52. The third kappa shape index (κ3) is 2.03. The van der Waals surface area contributed by atoms with Crippen LogP contribution in [0.5, 0.6) is 0 Å². The molecule has 96 valence electrons. The van der Waals surface area contributed by atoms with Gasteiger partial charge in [0.05, 0.1) is 17.1 Å². The number of benzene rings is 1. The Hall–Kier alpha value is -1.35. The molecule has 2 atom stereocenters. The molecular formula is C15H21N3. The van der Waals surface area contributed by atoms with Crippen molar-refractivity contribution in [2.24, 2.45) is 5.92 Å².